The molecule has 5 nitrogen and oxygen atoms in total. The van der Waals surface area contributed by atoms with Crippen LogP contribution in [0.3, 0.4) is 0 Å². The zero-order chi connectivity index (χ0) is 16.2. The maximum Gasteiger partial charge on any atom is 0.407 e. The lowest BCUT2D eigenvalue weighted by molar-refractivity contribution is 0.0517. The van der Waals surface area contributed by atoms with Gasteiger partial charge < -0.3 is 15.0 Å². The molecule has 1 aromatic rings. The molecule has 0 bridgehead atoms. The molecule has 0 saturated carbocycles. The van der Waals surface area contributed by atoms with Crippen molar-refractivity contribution >= 4 is 23.4 Å². The number of hydrogen-bond acceptors (Lipinski definition) is 4. The lowest BCUT2D eigenvalue weighted by Crippen LogP contribution is -2.40. The summed E-state index contributed by atoms with van der Waals surface area (Å²) in [5.41, 5.74) is 0.659. The summed E-state index contributed by atoms with van der Waals surface area (Å²) in [5, 5.41) is 3.38. The maximum atomic E-state index is 11.7. The molecule has 2 heterocycles. The molecular formula is C16H24ClN3O2. The number of hydrogen-bond donors (Lipinski definition) is 1. The Morgan fingerprint density at radius 3 is 2.73 bits per heavy atom. The SMILES string of the molecule is CC(C)(C)OC(=O)NCC1CCN(c2ccnc(Cl)c2)CC1. The summed E-state index contributed by atoms with van der Waals surface area (Å²) in [6.45, 7) is 8.18. The largest absolute Gasteiger partial charge is 0.444 e. The van der Waals surface area contributed by atoms with Crippen molar-refractivity contribution in [1.29, 1.82) is 0 Å². The van der Waals surface area contributed by atoms with Crippen molar-refractivity contribution in [3.8, 4) is 0 Å². The van der Waals surface area contributed by atoms with Gasteiger partial charge in [-0.2, -0.15) is 0 Å². The fraction of sp³-hybridized carbons (Fsp3) is 0.625. The summed E-state index contributed by atoms with van der Waals surface area (Å²) in [6.07, 6.45) is 3.47. The Bertz CT molecular complexity index is 508. The van der Waals surface area contributed by atoms with Gasteiger partial charge in [-0.3, -0.25) is 0 Å². The first-order valence-electron chi connectivity index (χ1n) is 7.67. The first-order valence-corrected chi connectivity index (χ1v) is 8.04. The van der Waals surface area contributed by atoms with Gasteiger partial charge in [-0.15, -0.1) is 0 Å². The number of amides is 1. The summed E-state index contributed by atoms with van der Waals surface area (Å²) < 4.78 is 5.25. The highest BCUT2D eigenvalue weighted by molar-refractivity contribution is 6.29. The zero-order valence-electron chi connectivity index (χ0n) is 13.4. The van der Waals surface area contributed by atoms with Crippen LogP contribution < -0.4 is 10.2 Å². The van der Waals surface area contributed by atoms with Gasteiger partial charge in [-0.25, -0.2) is 9.78 Å². The Labute approximate surface area is 137 Å². The number of anilines is 1. The van der Waals surface area contributed by atoms with E-state index in [1.54, 1.807) is 6.20 Å². The number of alkyl carbamates (subject to hydrolysis) is 1. The summed E-state index contributed by atoms with van der Waals surface area (Å²) in [4.78, 5) is 18.0. The highest BCUT2D eigenvalue weighted by Crippen LogP contribution is 2.24. The van der Waals surface area contributed by atoms with Crippen LogP contribution in [0.1, 0.15) is 33.6 Å². The maximum absolute atomic E-state index is 11.7. The quantitative estimate of drug-likeness (QED) is 0.864. The van der Waals surface area contributed by atoms with E-state index in [1.807, 2.05) is 32.9 Å². The monoisotopic (exact) mass is 325 g/mol. The summed E-state index contributed by atoms with van der Waals surface area (Å²) in [7, 11) is 0. The molecule has 0 aliphatic carbocycles. The van der Waals surface area contributed by atoms with Gasteiger partial charge in [-0.1, -0.05) is 11.6 Å². The van der Waals surface area contributed by atoms with Crippen molar-refractivity contribution in [2.45, 2.75) is 39.2 Å². The first kappa shape index (κ1) is 16.9. The van der Waals surface area contributed by atoms with E-state index < -0.39 is 5.60 Å². The van der Waals surface area contributed by atoms with E-state index in [0.717, 1.165) is 31.6 Å². The Kier molecular flexibility index (Phi) is 5.51. The molecule has 0 radical (unpaired) electrons. The van der Waals surface area contributed by atoms with E-state index in [0.29, 0.717) is 17.6 Å². The van der Waals surface area contributed by atoms with Crippen LogP contribution in [-0.4, -0.2) is 36.3 Å². The van der Waals surface area contributed by atoms with Crippen molar-refractivity contribution in [2.24, 2.45) is 5.92 Å². The van der Waals surface area contributed by atoms with Crippen LogP contribution in [0.25, 0.3) is 0 Å². The Hall–Kier alpha value is -1.49. The van der Waals surface area contributed by atoms with E-state index in [4.69, 9.17) is 16.3 Å². The molecule has 1 saturated heterocycles. The molecule has 0 atom stereocenters. The van der Waals surface area contributed by atoms with Crippen LogP contribution in [0.2, 0.25) is 5.15 Å². The molecule has 1 N–H and O–H groups in total. The number of nitrogens with zero attached hydrogens (tertiary/aromatic N) is 2. The number of halogens is 1. The molecule has 2 rings (SSSR count). The molecule has 1 amide bonds. The fourth-order valence-electron chi connectivity index (χ4n) is 2.53. The number of nitrogens with one attached hydrogen (secondary N) is 1. The molecular weight excluding hydrogens is 302 g/mol. The minimum atomic E-state index is -0.450. The van der Waals surface area contributed by atoms with Crippen LogP contribution >= 0.6 is 11.6 Å². The lowest BCUT2D eigenvalue weighted by Gasteiger charge is -2.33. The van der Waals surface area contributed by atoms with E-state index in [2.05, 4.69) is 15.2 Å². The first-order chi connectivity index (χ1) is 10.3. The van der Waals surface area contributed by atoms with Gasteiger partial charge in [0.1, 0.15) is 10.8 Å². The van der Waals surface area contributed by atoms with Crippen molar-refractivity contribution in [2.75, 3.05) is 24.5 Å². The van der Waals surface area contributed by atoms with Gasteiger partial charge >= 0.3 is 6.09 Å². The number of pyridine rings is 1. The smallest absolute Gasteiger partial charge is 0.407 e. The average molecular weight is 326 g/mol. The van der Waals surface area contributed by atoms with Gasteiger partial charge in [0.25, 0.3) is 0 Å². The third-order valence-corrected chi connectivity index (χ3v) is 3.83. The van der Waals surface area contributed by atoms with Crippen molar-refractivity contribution in [3.63, 3.8) is 0 Å². The zero-order valence-corrected chi connectivity index (χ0v) is 14.2. The Morgan fingerprint density at radius 2 is 2.14 bits per heavy atom. The number of piperidine rings is 1. The van der Waals surface area contributed by atoms with Crippen molar-refractivity contribution in [3.05, 3.63) is 23.5 Å². The lowest BCUT2D eigenvalue weighted by atomic mass is 9.96. The summed E-state index contributed by atoms with van der Waals surface area (Å²) >= 11 is 5.93. The van der Waals surface area contributed by atoms with E-state index >= 15 is 0 Å². The van der Waals surface area contributed by atoms with Crippen LogP contribution in [0.15, 0.2) is 18.3 Å². The molecule has 122 valence electrons. The Balaban J connectivity index is 1.74. The number of rotatable bonds is 3. The minimum absolute atomic E-state index is 0.337. The third-order valence-electron chi connectivity index (χ3n) is 3.62. The molecule has 1 aromatic heterocycles. The molecule has 1 fully saturated rings. The molecule has 1 aliphatic heterocycles. The highest BCUT2D eigenvalue weighted by atomic mass is 35.5. The fourth-order valence-corrected chi connectivity index (χ4v) is 2.69. The van der Waals surface area contributed by atoms with Crippen LogP contribution in [0.4, 0.5) is 10.5 Å². The minimum Gasteiger partial charge on any atom is -0.444 e. The second-order valence-electron chi connectivity index (χ2n) is 6.65. The van der Waals surface area contributed by atoms with Crippen molar-refractivity contribution < 1.29 is 9.53 Å². The standard InChI is InChI=1S/C16H24ClN3O2/c1-16(2,3)22-15(21)19-11-12-5-8-20(9-6-12)13-4-7-18-14(17)10-13/h4,7,10,12H,5-6,8-9,11H2,1-3H3,(H,19,21). The molecule has 0 unspecified atom stereocenters. The number of aromatic nitrogens is 1. The van der Waals surface area contributed by atoms with E-state index in [9.17, 15) is 4.79 Å². The number of carbonyl (C=O) groups excluding carboxylic acids is 1. The van der Waals surface area contributed by atoms with E-state index in [-0.39, 0.29) is 6.09 Å². The van der Waals surface area contributed by atoms with Gasteiger partial charge in [0.15, 0.2) is 0 Å². The van der Waals surface area contributed by atoms with Gasteiger partial charge in [0, 0.05) is 31.5 Å². The van der Waals surface area contributed by atoms with Crippen molar-refractivity contribution in [1.82, 2.24) is 10.3 Å². The normalized spacial score (nSPS) is 16.5. The van der Waals surface area contributed by atoms with Crippen LogP contribution in [-0.2, 0) is 4.74 Å². The topological polar surface area (TPSA) is 54.5 Å². The second-order valence-corrected chi connectivity index (χ2v) is 7.04. The Morgan fingerprint density at radius 1 is 1.45 bits per heavy atom. The van der Waals surface area contributed by atoms with Gasteiger partial charge in [-0.05, 0) is 51.7 Å². The number of carbonyl (C=O) groups is 1. The molecule has 1 aliphatic rings. The predicted molar refractivity (Wildman–Crippen MR) is 88.4 cm³/mol. The second kappa shape index (κ2) is 7.18. The molecule has 0 spiro atoms. The van der Waals surface area contributed by atoms with Gasteiger partial charge in [0.05, 0.1) is 0 Å². The molecule has 6 heteroatoms. The van der Waals surface area contributed by atoms with E-state index in [1.165, 1.54) is 0 Å². The summed E-state index contributed by atoms with van der Waals surface area (Å²) in [6, 6.07) is 3.87. The third kappa shape index (κ3) is 5.37. The summed E-state index contributed by atoms with van der Waals surface area (Å²) in [5.74, 6) is 0.487. The van der Waals surface area contributed by atoms with Crippen LogP contribution in [0, 0.1) is 5.92 Å². The average Bonchev–Trinajstić information content (AvgIpc) is 2.44. The van der Waals surface area contributed by atoms with Gasteiger partial charge in [0.2, 0.25) is 0 Å². The highest BCUT2D eigenvalue weighted by Gasteiger charge is 2.21. The van der Waals surface area contributed by atoms with Crippen LogP contribution in [0.5, 0.6) is 0 Å². The number of ether oxygens (including phenoxy) is 1. The predicted octanol–water partition coefficient (Wildman–Crippen LogP) is 3.48. The molecule has 0 aromatic carbocycles. The molecule has 22 heavy (non-hydrogen) atoms.